The van der Waals surface area contributed by atoms with Gasteiger partial charge >= 0.3 is 6.36 Å². The van der Waals surface area contributed by atoms with E-state index >= 15 is 0 Å². The molecule has 2 heterocycles. The van der Waals surface area contributed by atoms with Crippen LogP contribution >= 0.6 is 0 Å². The second-order valence-electron chi connectivity index (χ2n) is 8.21. The lowest BCUT2D eigenvalue weighted by molar-refractivity contribution is -0.324. The van der Waals surface area contributed by atoms with E-state index < -0.39 is 23.0 Å². The maximum absolute atomic E-state index is 13.2. The molecule has 3 aromatic rings. The summed E-state index contributed by atoms with van der Waals surface area (Å²) in [6, 6.07) is 10.9. The number of benzene rings is 2. The van der Waals surface area contributed by atoms with Crippen LogP contribution in [0.1, 0.15) is 28.5 Å². The maximum Gasteiger partial charge on any atom is 0.522 e. The minimum atomic E-state index is -4.67. The fourth-order valence-corrected chi connectivity index (χ4v) is 4.40. The zero-order valence-corrected chi connectivity index (χ0v) is 20.4. The second-order valence-corrected chi connectivity index (χ2v) is 10.2. The number of alkyl halides is 3. The highest BCUT2D eigenvalue weighted by Crippen LogP contribution is 2.32. The minimum absolute atomic E-state index is 0.0297. The van der Waals surface area contributed by atoms with Gasteiger partial charge in [0.15, 0.2) is 5.82 Å². The SMILES string of the molecule is CCS(=O)(=O)Nc1cc(N2CCc3nc(-c4ccc(CCOC(F)(F)F)cc4)ncc3C2=O)ccc1O. The van der Waals surface area contributed by atoms with Crippen molar-refractivity contribution in [1.82, 2.24) is 9.97 Å². The zero-order valence-electron chi connectivity index (χ0n) is 19.6. The smallest absolute Gasteiger partial charge is 0.506 e. The molecule has 2 aromatic carbocycles. The standard InChI is InChI=1S/C24H23F3N4O5S/c1-2-37(34,35)30-20-13-17(7-8-21(20)32)31-11-9-19-18(23(31)33)14-28-22(29-19)16-5-3-15(4-6-16)10-12-36-24(25,26)27/h3-8,13-14,30,32H,2,9-12H2,1H3. The molecule has 0 atom stereocenters. The van der Waals surface area contributed by atoms with Gasteiger partial charge in [0.25, 0.3) is 5.91 Å². The van der Waals surface area contributed by atoms with E-state index in [1.54, 1.807) is 24.3 Å². The van der Waals surface area contributed by atoms with Crippen LogP contribution in [0.4, 0.5) is 24.5 Å². The van der Waals surface area contributed by atoms with E-state index in [9.17, 15) is 31.5 Å². The van der Waals surface area contributed by atoms with Crippen molar-refractivity contribution >= 4 is 27.3 Å². The van der Waals surface area contributed by atoms with Crippen LogP contribution in [0.5, 0.6) is 5.75 Å². The number of nitrogens with zero attached hydrogens (tertiary/aromatic N) is 3. The van der Waals surface area contributed by atoms with Crippen molar-refractivity contribution in [2.75, 3.05) is 28.5 Å². The fraction of sp³-hybridized carbons (Fsp3) is 0.292. The first-order valence-electron chi connectivity index (χ1n) is 11.3. The normalized spacial score (nSPS) is 13.9. The number of aromatic nitrogens is 2. The molecule has 196 valence electrons. The molecule has 0 spiro atoms. The molecule has 2 N–H and O–H groups in total. The highest BCUT2D eigenvalue weighted by atomic mass is 32.2. The summed E-state index contributed by atoms with van der Waals surface area (Å²) in [6.45, 7) is 1.25. The van der Waals surface area contributed by atoms with E-state index in [-0.39, 0.29) is 36.1 Å². The molecular weight excluding hydrogens is 513 g/mol. The summed E-state index contributed by atoms with van der Waals surface area (Å²) in [6.07, 6.45) is -2.76. The number of aromatic hydroxyl groups is 1. The first-order valence-corrected chi connectivity index (χ1v) is 12.9. The number of halogens is 3. The van der Waals surface area contributed by atoms with Gasteiger partial charge in [-0.2, -0.15) is 0 Å². The van der Waals surface area contributed by atoms with Crippen LogP contribution in [0, 0.1) is 0 Å². The predicted molar refractivity (Wildman–Crippen MR) is 130 cm³/mol. The molecule has 4 rings (SSSR count). The molecule has 0 bridgehead atoms. The molecule has 13 heteroatoms. The van der Waals surface area contributed by atoms with Crippen molar-refractivity contribution in [3.8, 4) is 17.1 Å². The maximum atomic E-state index is 13.2. The summed E-state index contributed by atoms with van der Waals surface area (Å²) in [5.74, 6) is -0.444. The summed E-state index contributed by atoms with van der Waals surface area (Å²) >= 11 is 0. The largest absolute Gasteiger partial charge is 0.522 e. The van der Waals surface area contributed by atoms with Gasteiger partial charge in [-0.25, -0.2) is 18.4 Å². The molecule has 0 saturated carbocycles. The van der Waals surface area contributed by atoms with E-state index in [2.05, 4.69) is 19.4 Å². The Bertz CT molecular complexity index is 1410. The molecule has 1 aliphatic heterocycles. The Morgan fingerprint density at radius 2 is 1.89 bits per heavy atom. The summed E-state index contributed by atoms with van der Waals surface area (Å²) in [5, 5.41) is 10.0. The molecule has 9 nitrogen and oxygen atoms in total. The zero-order chi connectivity index (χ0) is 26.8. The Morgan fingerprint density at radius 1 is 1.16 bits per heavy atom. The lowest BCUT2D eigenvalue weighted by Gasteiger charge is -2.28. The van der Waals surface area contributed by atoms with Gasteiger partial charge in [-0.05, 0) is 37.1 Å². The molecule has 0 aliphatic carbocycles. The molecule has 1 aromatic heterocycles. The molecule has 1 aliphatic rings. The monoisotopic (exact) mass is 536 g/mol. The van der Waals surface area contributed by atoms with Gasteiger partial charge in [0.1, 0.15) is 5.75 Å². The molecule has 1 amide bonds. The third kappa shape index (κ3) is 6.35. The number of ether oxygens (including phenoxy) is 1. The van der Waals surface area contributed by atoms with Crippen LogP contribution in [-0.2, 0) is 27.6 Å². The van der Waals surface area contributed by atoms with E-state index in [0.29, 0.717) is 40.3 Å². The Kier molecular flexibility index (Phi) is 7.37. The summed E-state index contributed by atoms with van der Waals surface area (Å²) < 4.78 is 66.3. The molecular formula is C24H23F3N4O5S. The van der Waals surface area contributed by atoms with Crippen molar-refractivity contribution in [1.29, 1.82) is 0 Å². The van der Waals surface area contributed by atoms with E-state index in [1.807, 2.05) is 0 Å². The number of hydrogen-bond donors (Lipinski definition) is 2. The summed E-state index contributed by atoms with van der Waals surface area (Å²) in [7, 11) is -3.63. The van der Waals surface area contributed by atoms with Gasteiger partial charge < -0.3 is 10.0 Å². The van der Waals surface area contributed by atoms with E-state index in [0.717, 1.165) is 0 Å². The van der Waals surface area contributed by atoms with E-state index in [4.69, 9.17) is 0 Å². The van der Waals surface area contributed by atoms with Crippen molar-refractivity contribution < 1.29 is 36.2 Å². The molecule has 37 heavy (non-hydrogen) atoms. The number of fused-ring (bicyclic) bond motifs is 1. The van der Waals surface area contributed by atoms with Crippen molar-refractivity contribution in [3.63, 3.8) is 0 Å². The number of sulfonamides is 1. The summed E-state index contributed by atoms with van der Waals surface area (Å²) in [5.41, 5.74) is 2.50. The number of rotatable bonds is 8. The molecule has 0 saturated heterocycles. The highest BCUT2D eigenvalue weighted by molar-refractivity contribution is 7.92. The topological polar surface area (TPSA) is 122 Å². The van der Waals surface area contributed by atoms with Crippen LogP contribution in [0.25, 0.3) is 11.4 Å². The molecule has 0 unspecified atom stereocenters. The van der Waals surface area contributed by atoms with E-state index in [1.165, 1.54) is 36.2 Å². The first-order chi connectivity index (χ1) is 17.5. The van der Waals surface area contributed by atoms with Crippen LogP contribution < -0.4 is 9.62 Å². The number of nitrogens with one attached hydrogen (secondary N) is 1. The third-order valence-electron chi connectivity index (χ3n) is 5.72. The third-order valence-corrected chi connectivity index (χ3v) is 7.01. The van der Waals surface area contributed by atoms with Crippen LogP contribution in [-0.4, -0.2) is 54.7 Å². The van der Waals surface area contributed by atoms with Gasteiger partial charge in [-0.1, -0.05) is 24.3 Å². The predicted octanol–water partition coefficient (Wildman–Crippen LogP) is 3.89. The minimum Gasteiger partial charge on any atom is -0.506 e. The van der Waals surface area contributed by atoms with Gasteiger partial charge in [0.05, 0.1) is 29.3 Å². The van der Waals surface area contributed by atoms with Crippen molar-refractivity contribution in [2.45, 2.75) is 26.1 Å². The van der Waals surface area contributed by atoms with Gasteiger partial charge in [-0.15, -0.1) is 13.2 Å². The lowest BCUT2D eigenvalue weighted by atomic mass is 10.0. The van der Waals surface area contributed by atoms with Crippen LogP contribution in [0.2, 0.25) is 0 Å². The number of phenolic OH excluding ortho intramolecular Hbond substituents is 1. The Morgan fingerprint density at radius 3 is 2.57 bits per heavy atom. The number of carbonyl (C=O) groups is 1. The number of amides is 1. The van der Waals surface area contributed by atoms with Crippen molar-refractivity contribution in [3.05, 3.63) is 65.5 Å². The van der Waals surface area contributed by atoms with Crippen LogP contribution in [0.15, 0.2) is 48.7 Å². The highest BCUT2D eigenvalue weighted by Gasteiger charge is 2.29. The first kappa shape index (κ1) is 26.4. The second kappa shape index (κ2) is 10.3. The van der Waals surface area contributed by atoms with Crippen molar-refractivity contribution in [2.24, 2.45) is 0 Å². The average Bonchev–Trinajstić information content (AvgIpc) is 2.85. The fourth-order valence-electron chi connectivity index (χ4n) is 3.75. The lowest BCUT2D eigenvalue weighted by Crippen LogP contribution is -2.38. The van der Waals surface area contributed by atoms with Gasteiger partial charge in [0, 0.05) is 30.4 Å². The quantitative estimate of drug-likeness (QED) is 0.419. The average molecular weight is 537 g/mol. The molecule has 0 radical (unpaired) electrons. The number of hydrogen-bond acceptors (Lipinski definition) is 7. The number of phenols is 1. The Labute approximate surface area is 211 Å². The summed E-state index contributed by atoms with van der Waals surface area (Å²) in [4.78, 5) is 23.4. The number of anilines is 2. The van der Waals surface area contributed by atoms with Gasteiger partial charge in [-0.3, -0.25) is 14.3 Å². The Balaban J connectivity index is 1.50. The molecule has 0 fully saturated rings. The number of carbonyl (C=O) groups excluding carboxylic acids is 1. The van der Waals surface area contributed by atoms with Gasteiger partial charge in [0.2, 0.25) is 10.0 Å². The van der Waals surface area contributed by atoms with Crippen LogP contribution in [0.3, 0.4) is 0 Å². The Hall–Kier alpha value is -3.71.